The lowest BCUT2D eigenvalue weighted by atomic mass is 9.66. The van der Waals surface area contributed by atoms with E-state index < -0.39 is 80.8 Å². The van der Waals surface area contributed by atoms with Gasteiger partial charge in [-0.1, -0.05) is 25.7 Å². The van der Waals surface area contributed by atoms with Gasteiger partial charge in [-0.15, -0.1) is 0 Å². The molecule has 39 heavy (non-hydrogen) atoms. The molecule has 0 aliphatic carbocycles. The summed E-state index contributed by atoms with van der Waals surface area (Å²) in [5, 5.41) is 81.9. The lowest BCUT2D eigenvalue weighted by Crippen LogP contribution is -2.85. The number of methoxy groups -OCH3 is 1. The Kier molecular flexibility index (Phi) is 12.3. The molecule has 0 spiro atoms. The van der Waals surface area contributed by atoms with Crippen molar-refractivity contribution >= 4 is 13.6 Å². The van der Waals surface area contributed by atoms with Crippen LogP contribution >= 0.6 is 7.60 Å². The highest BCUT2D eigenvalue weighted by Crippen LogP contribution is 2.58. The van der Waals surface area contributed by atoms with Crippen molar-refractivity contribution in [2.45, 2.75) is 98.3 Å². The molecule has 0 radical (unpaired) electrons. The zero-order chi connectivity index (χ0) is 29.6. The molecule has 16 nitrogen and oxygen atoms in total. The minimum absolute atomic E-state index is 0.185. The normalized spacial score (nSPS) is 39.5. The van der Waals surface area contributed by atoms with Crippen LogP contribution in [0.1, 0.15) is 44.9 Å². The molecule has 2 aliphatic rings. The SMILES string of the molecule is COC(=O)CCCCCCCCO[C@H]1O[C@H](CO)[C@@H](O)[C@H](O)[C@]1(O)[C@@]1(O)[C@@H](CO)OC[C@@](O)(P(=O)(O)O)[C@H]1O. The third kappa shape index (κ3) is 6.65. The van der Waals surface area contributed by atoms with Gasteiger partial charge >= 0.3 is 13.6 Å². The fourth-order valence-corrected chi connectivity index (χ4v) is 5.69. The van der Waals surface area contributed by atoms with Crippen LogP contribution in [0.3, 0.4) is 0 Å². The van der Waals surface area contributed by atoms with Gasteiger partial charge in [0.25, 0.3) is 0 Å². The number of ether oxygens (including phenoxy) is 4. The first-order chi connectivity index (χ1) is 18.2. The van der Waals surface area contributed by atoms with Gasteiger partial charge in [0, 0.05) is 13.0 Å². The summed E-state index contributed by atoms with van der Waals surface area (Å²) in [6, 6.07) is 0. The van der Waals surface area contributed by atoms with E-state index in [4.69, 9.17) is 14.2 Å². The van der Waals surface area contributed by atoms with E-state index in [9.17, 15) is 60.0 Å². The number of hydrogen-bond donors (Lipinski definition) is 10. The third-order valence-corrected chi connectivity index (χ3v) is 8.80. The molecule has 2 saturated heterocycles. The molecular weight excluding hydrogens is 551 g/mol. The summed E-state index contributed by atoms with van der Waals surface area (Å²) in [4.78, 5) is 30.5. The van der Waals surface area contributed by atoms with Gasteiger partial charge in [-0.25, -0.2) is 0 Å². The molecule has 2 fully saturated rings. The first kappa shape index (κ1) is 34.4. The molecule has 0 bridgehead atoms. The van der Waals surface area contributed by atoms with Crippen molar-refractivity contribution in [1.82, 2.24) is 0 Å². The molecule has 0 aromatic heterocycles. The summed E-state index contributed by atoms with van der Waals surface area (Å²) in [5.41, 5.74) is -6.84. The van der Waals surface area contributed by atoms with Gasteiger partial charge in [-0.3, -0.25) is 9.36 Å². The summed E-state index contributed by atoms with van der Waals surface area (Å²) in [6.45, 7) is -3.52. The second-order valence-corrected chi connectivity index (χ2v) is 11.8. The molecule has 9 atom stereocenters. The summed E-state index contributed by atoms with van der Waals surface area (Å²) in [6.07, 6.45) is -9.13. The molecule has 2 aliphatic heterocycles. The maximum atomic E-state index is 12.0. The predicted molar refractivity (Wildman–Crippen MR) is 128 cm³/mol. The Hall–Kier alpha value is -0.820. The Morgan fingerprint density at radius 2 is 1.54 bits per heavy atom. The van der Waals surface area contributed by atoms with Crippen molar-refractivity contribution < 1.29 is 78.9 Å². The van der Waals surface area contributed by atoms with E-state index in [0.29, 0.717) is 25.7 Å². The number of carbonyl (C=O) groups is 1. The number of unbranched alkanes of at least 4 members (excludes halogenated alkanes) is 5. The second kappa shape index (κ2) is 13.9. The van der Waals surface area contributed by atoms with Crippen molar-refractivity contribution in [2.24, 2.45) is 0 Å². The Labute approximate surface area is 224 Å². The maximum Gasteiger partial charge on any atom is 0.362 e. The van der Waals surface area contributed by atoms with Gasteiger partial charge in [0.1, 0.15) is 30.5 Å². The Bertz CT molecular complexity index is 841. The monoisotopic (exact) mass is 592 g/mol. The number of carbonyl (C=O) groups excluding carboxylic acids is 1. The molecule has 0 aromatic carbocycles. The van der Waals surface area contributed by atoms with Crippen LogP contribution in [0.4, 0.5) is 0 Å². The van der Waals surface area contributed by atoms with Gasteiger partial charge in [-0.2, -0.15) is 0 Å². The minimum Gasteiger partial charge on any atom is -0.469 e. The third-order valence-electron chi connectivity index (χ3n) is 7.42. The summed E-state index contributed by atoms with van der Waals surface area (Å²) in [5.74, 6) is -0.297. The van der Waals surface area contributed by atoms with Crippen LogP contribution in [-0.4, -0.2) is 143 Å². The molecular formula is C22H41O16P. The zero-order valence-electron chi connectivity index (χ0n) is 21.6. The lowest BCUT2D eigenvalue weighted by molar-refractivity contribution is -0.417. The molecule has 17 heteroatoms. The average molecular weight is 593 g/mol. The molecule has 230 valence electrons. The molecule has 0 aromatic rings. The van der Waals surface area contributed by atoms with Crippen LogP contribution in [-0.2, 0) is 28.3 Å². The van der Waals surface area contributed by atoms with Crippen molar-refractivity contribution in [3.8, 4) is 0 Å². The first-order valence-electron chi connectivity index (χ1n) is 12.6. The predicted octanol–water partition coefficient (Wildman–Crippen LogP) is -3.57. The van der Waals surface area contributed by atoms with Gasteiger partial charge in [0.05, 0.1) is 26.9 Å². The Morgan fingerprint density at radius 3 is 2.08 bits per heavy atom. The van der Waals surface area contributed by atoms with Crippen LogP contribution in [0, 0.1) is 0 Å². The van der Waals surface area contributed by atoms with E-state index in [0.717, 1.165) is 19.3 Å². The summed E-state index contributed by atoms with van der Waals surface area (Å²) < 4.78 is 32.5. The number of aliphatic hydroxyl groups excluding tert-OH is 5. The standard InChI is InChI=1S/C22H41O16P/c1-35-15(25)8-6-4-2-3-5-7-9-36-19-22(31,17(27)16(26)13(10-23)38-19)21(30)14(11-24)37-12-20(29,18(21)28)39(32,33)34/h13-14,16-19,23-24,26-31H,2-12H2,1H3,(H2,32,33,34)/t13-,14-,16-,17+,18-,19+,20-,21-,22-/m1/s1. The van der Waals surface area contributed by atoms with Crippen LogP contribution in [0.5, 0.6) is 0 Å². The highest BCUT2D eigenvalue weighted by atomic mass is 31.2. The molecule has 2 rings (SSSR count). The smallest absolute Gasteiger partial charge is 0.362 e. The first-order valence-corrected chi connectivity index (χ1v) is 14.2. The van der Waals surface area contributed by atoms with Gasteiger partial charge < -0.3 is 69.6 Å². The average Bonchev–Trinajstić information content (AvgIpc) is 2.89. The largest absolute Gasteiger partial charge is 0.469 e. The topological polar surface area (TPSA) is 273 Å². The maximum absolute atomic E-state index is 12.0. The van der Waals surface area contributed by atoms with Gasteiger partial charge in [-0.05, 0) is 12.8 Å². The quantitative estimate of drug-likeness (QED) is 0.0530. The van der Waals surface area contributed by atoms with Crippen LogP contribution < -0.4 is 0 Å². The highest BCUT2D eigenvalue weighted by Gasteiger charge is 2.77. The van der Waals surface area contributed by atoms with Gasteiger partial charge in [0.2, 0.25) is 5.34 Å². The highest BCUT2D eigenvalue weighted by molar-refractivity contribution is 7.53. The Morgan fingerprint density at radius 1 is 0.949 bits per heavy atom. The lowest BCUT2D eigenvalue weighted by Gasteiger charge is -2.60. The van der Waals surface area contributed by atoms with E-state index in [1.807, 2.05) is 0 Å². The molecule has 0 unspecified atom stereocenters. The number of esters is 1. The molecule has 2 heterocycles. The minimum atomic E-state index is -5.69. The van der Waals surface area contributed by atoms with Crippen molar-refractivity contribution in [2.75, 3.05) is 33.5 Å². The van der Waals surface area contributed by atoms with Crippen LogP contribution in [0.2, 0.25) is 0 Å². The van der Waals surface area contributed by atoms with E-state index in [1.165, 1.54) is 7.11 Å². The van der Waals surface area contributed by atoms with Crippen molar-refractivity contribution in [1.29, 1.82) is 0 Å². The van der Waals surface area contributed by atoms with E-state index in [-0.39, 0.29) is 12.6 Å². The molecule has 10 N–H and O–H groups in total. The van der Waals surface area contributed by atoms with E-state index in [2.05, 4.69) is 4.74 Å². The second-order valence-electron chi connectivity index (χ2n) is 9.90. The fourth-order valence-electron chi connectivity index (χ4n) is 4.93. The van der Waals surface area contributed by atoms with Crippen LogP contribution in [0.15, 0.2) is 0 Å². The molecule has 0 amide bonds. The van der Waals surface area contributed by atoms with Crippen molar-refractivity contribution in [3.63, 3.8) is 0 Å². The number of rotatable bonds is 14. The van der Waals surface area contributed by atoms with E-state index >= 15 is 0 Å². The fraction of sp³-hybridized carbons (Fsp3) is 0.955. The Balaban J connectivity index is 2.23. The van der Waals surface area contributed by atoms with E-state index in [1.54, 1.807) is 0 Å². The van der Waals surface area contributed by atoms with Crippen molar-refractivity contribution in [3.05, 3.63) is 0 Å². The summed E-state index contributed by atoms with van der Waals surface area (Å²) in [7, 11) is -4.38. The zero-order valence-corrected chi connectivity index (χ0v) is 22.5. The van der Waals surface area contributed by atoms with Gasteiger partial charge in [0.15, 0.2) is 17.5 Å². The number of aliphatic hydroxyl groups is 8. The molecule has 0 saturated carbocycles. The summed E-state index contributed by atoms with van der Waals surface area (Å²) >= 11 is 0. The van der Waals surface area contributed by atoms with Crippen LogP contribution in [0.25, 0.3) is 0 Å². The number of hydrogen-bond acceptors (Lipinski definition) is 14.